The first-order chi connectivity index (χ1) is 8.86. The van der Waals surface area contributed by atoms with E-state index in [1.165, 1.54) is 37.1 Å². The minimum absolute atomic E-state index is 0.770. The van der Waals surface area contributed by atoms with Gasteiger partial charge in [0, 0.05) is 32.2 Å². The van der Waals surface area contributed by atoms with Crippen LogP contribution < -0.4 is 5.73 Å². The van der Waals surface area contributed by atoms with E-state index in [0.29, 0.717) is 0 Å². The van der Waals surface area contributed by atoms with Crippen molar-refractivity contribution in [2.24, 2.45) is 5.73 Å². The summed E-state index contributed by atoms with van der Waals surface area (Å²) in [5, 5.41) is 0. The van der Waals surface area contributed by atoms with Crippen LogP contribution in [-0.2, 0) is 13.1 Å². The minimum Gasteiger partial charge on any atom is -0.329 e. The fourth-order valence-corrected chi connectivity index (χ4v) is 3.31. The van der Waals surface area contributed by atoms with Crippen LogP contribution in [0, 0.1) is 0 Å². The summed E-state index contributed by atoms with van der Waals surface area (Å²) in [7, 11) is 0. The van der Waals surface area contributed by atoms with Crippen molar-refractivity contribution in [3.05, 3.63) is 35.4 Å². The standard InChI is InChI=1S/C15H23N3/c16-7-10-17-8-5-15(6-9-17)18-11-13-3-1-2-4-14(13)12-18/h1-4,15H,5-12,16H2. The summed E-state index contributed by atoms with van der Waals surface area (Å²) in [6.07, 6.45) is 2.60. The van der Waals surface area contributed by atoms with Crippen LogP contribution in [0.3, 0.4) is 0 Å². The van der Waals surface area contributed by atoms with Crippen molar-refractivity contribution in [3.8, 4) is 0 Å². The first-order valence-electron chi connectivity index (χ1n) is 7.10. The van der Waals surface area contributed by atoms with Crippen LogP contribution in [0.25, 0.3) is 0 Å². The van der Waals surface area contributed by atoms with Crippen LogP contribution in [0.5, 0.6) is 0 Å². The molecule has 0 aliphatic carbocycles. The number of nitrogens with two attached hydrogens (primary N) is 1. The third-order valence-corrected chi connectivity index (χ3v) is 4.38. The maximum absolute atomic E-state index is 5.62. The van der Waals surface area contributed by atoms with Gasteiger partial charge in [0.05, 0.1) is 0 Å². The summed E-state index contributed by atoms with van der Waals surface area (Å²) in [5.41, 5.74) is 8.68. The molecule has 1 aromatic carbocycles. The Hall–Kier alpha value is -0.900. The summed E-state index contributed by atoms with van der Waals surface area (Å²) < 4.78 is 0. The van der Waals surface area contributed by atoms with E-state index in [2.05, 4.69) is 34.1 Å². The lowest BCUT2D eigenvalue weighted by Crippen LogP contribution is -2.44. The molecule has 98 valence electrons. The number of piperidine rings is 1. The molecule has 0 aromatic heterocycles. The molecule has 2 N–H and O–H groups in total. The average Bonchev–Trinajstić information content (AvgIpc) is 2.84. The maximum atomic E-state index is 5.62. The molecule has 0 unspecified atom stereocenters. The van der Waals surface area contributed by atoms with E-state index in [-0.39, 0.29) is 0 Å². The quantitative estimate of drug-likeness (QED) is 0.874. The van der Waals surface area contributed by atoms with Gasteiger partial charge in [-0.2, -0.15) is 0 Å². The number of benzene rings is 1. The van der Waals surface area contributed by atoms with Gasteiger partial charge < -0.3 is 10.6 Å². The molecule has 1 fully saturated rings. The van der Waals surface area contributed by atoms with E-state index in [9.17, 15) is 0 Å². The minimum atomic E-state index is 0.770. The number of hydrogen-bond donors (Lipinski definition) is 1. The third kappa shape index (κ3) is 2.44. The Morgan fingerprint density at radius 3 is 2.22 bits per heavy atom. The SMILES string of the molecule is NCCN1CCC(N2Cc3ccccc3C2)CC1. The molecule has 3 heteroatoms. The van der Waals surface area contributed by atoms with Gasteiger partial charge in [0.1, 0.15) is 0 Å². The van der Waals surface area contributed by atoms with Crippen LogP contribution in [-0.4, -0.2) is 42.0 Å². The molecule has 18 heavy (non-hydrogen) atoms. The molecule has 0 bridgehead atoms. The molecule has 3 nitrogen and oxygen atoms in total. The van der Waals surface area contributed by atoms with E-state index < -0.39 is 0 Å². The van der Waals surface area contributed by atoms with E-state index in [4.69, 9.17) is 5.73 Å². The lowest BCUT2D eigenvalue weighted by molar-refractivity contribution is 0.108. The van der Waals surface area contributed by atoms with Gasteiger partial charge in [0.15, 0.2) is 0 Å². The highest BCUT2D eigenvalue weighted by Crippen LogP contribution is 2.28. The van der Waals surface area contributed by atoms with Crippen molar-refractivity contribution in [1.29, 1.82) is 0 Å². The lowest BCUT2D eigenvalue weighted by atomic mass is 10.0. The Morgan fingerprint density at radius 1 is 1.06 bits per heavy atom. The van der Waals surface area contributed by atoms with E-state index in [0.717, 1.165) is 32.2 Å². The average molecular weight is 245 g/mol. The van der Waals surface area contributed by atoms with Crippen molar-refractivity contribution < 1.29 is 0 Å². The fourth-order valence-electron chi connectivity index (χ4n) is 3.31. The molecule has 2 heterocycles. The zero-order chi connectivity index (χ0) is 12.4. The van der Waals surface area contributed by atoms with E-state index >= 15 is 0 Å². The fraction of sp³-hybridized carbons (Fsp3) is 0.600. The number of rotatable bonds is 3. The monoisotopic (exact) mass is 245 g/mol. The molecule has 0 amide bonds. The van der Waals surface area contributed by atoms with Gasteiger partial charge in [-0.05, 0) is 37.1 Å². The van der Waals surface area contributed by atoms with Crippen molar-refractivity contribution >= 4 is 0 Å². The van der Waals surface area contributed by atoms with E-state index in [1.54, 1.807) is 0 Å². The van der Waals surface area contributed by atoms with Crippen LogP contribution in [0.15, 0.2) is 24.3 Å². The predicted molar refractivity (Wildman–Crippen MR) is 74.2 cm³/mol. The van der Waals surface area contributed by atoms with Gasteiger partial charge in [0.2, 0.25) is 0 Å². The molecule has 0 saturated carbocycles. The van der Waals surface area contributed by atoms with Crippen LogP contribution in [0.1, 0.15) is 24.0 Å². The normalized spacial score (nSPS) is 22.3. The Balaban J connectivity index is 1.56. The van der Waals surface area contributed by atoms with Crippen LogP contribution in [0.4, 0.5) is 0 Å². The Labute approximate surface area is 110 Å². The topological polar surface area (TPSA) is 32.5 Å². The van der Waals surface area contributed by atoms with Gasteiger partial charge in [0.25, 0.3) is 0 Å². The van der Waals surface area contributed by atoms with Gasteiger partial charge in [-0.3, -0.25) is 4.90 Å². The zero-order valence-electron chi connectivity index (χ0n) is 11.0. The second kappa shape index (κ2) is 5.39. The summed E-state index contributed by atoms with van der Waals surface area (Å²) in [5.74, 6) is 0. The lowest BCUT2D eigenvalue weighted by Gasteiger charge is -2.36. The summed E-state index contributed by atoms with van der Waals surface area (Å²) in [6.45, 7) is 6.59. The van der Waals surface area contributed by atoms with Crippen molar-refractivity contribution in [2.75, 3.05) is 26.2 Å². The van der Waals surface area contributed by atoms with Gasteiger partial charge >= 0.3 is 0 Å². The molecule has 2 aliphatic rings. The van der Waals surface area contributed by atoms with Crippen LogP contribution in [0.2, 0.25) is 0 Å². The molecule has 1 aromatic rings. The first-order valence-corrected chi connectivity index (χ1v) is 7.10. The number of likely N-dealkylation sites (tertiary alicyclic amines) is 1. The Bertz CT molecular complexity index is 371. The zero-order valence-corrected chi connectivity index (χ0v) is 11.0. The molecule has 0 atom stereocenters. The molecule has 1 saturated heterocycles. The second-order valence-corrected chi connectivity index (χ2v) is 5.54. The number of fused-ring (bicyclic) bond motifs is 1. The van der Waals surface area contributed by atoms with Crippen molar-refractivity contribution in [3.63, 3.8) is 0 Å². The number of hydrogen-bond acceptors (Lipinski definition) is 3. The van der Waals surface area contributed by atoms with Crippen molar-refractivity contribution in [2.45, 2.75) is 32.0 Å². The van der Waals surface area contributed by atoms with Crippen molar-refractivity contribution in [1.82, 2.24) is 9.80 Å². The Morgan fingerprint density at radius 2 is 1.67 bits per heavy atom. The summed E-state index contributed by atoms with van der Waals surface area (Å²) in [4.78, 5) is 5.16. The maximum Gasteiger partial charge on any atom is 0.0243 e. The highest BCUT2D eigenvalue weighted by molar-refractivity contribution is 5.30. The highest BCUT2D eigenvalue weighted by Gasteiger charge is 2.28. The summed E-state index contributed by atoms with van der Waals surface area (Å²) in [6, 6.07) is 9.64. The largest absolute Gasteiger partial charge is 0.329 e. The van der Waals surface area contributed by atoms with Gasteiger partial charge in [-0.1, -0.05) is 24.3 Å². The second-order valence-electron chi connectivity index (χ2n) is 5.54. The molecular weight excluding hydrogens is 222 g/mol. The van der Waals surface area contributed by atoms with Crippen LogP contribution >= 0.6 is 0 Å². The molecule has 0 radical (unpaired) electrons. The molecule has 3 rings (SSSR count). The summed E-state index contributed by atoms with van der Waals surface area (Å²) >= 11 is 0. The molecule has 0 spiro atoms. The highest BCUT2D eigenvalue weighted by atomic mass is 15.2. The number of nitrogens with zero attached hydrogens (tertiary/aromatic N) is 2. The van der Waals surface area contributed by atoms with Gasteiger partial charge in [-0.15, -0.1) is 0 Å². The third-order valence-electron chi connectivity index (χ3n) is 4.38. The van der Waals surface area contributed by atoms with E-state index in [1.807, 2.05) is 0 Å². The smallest absolute Gasteiger partial charge is 0.0243 e. The predicted octanol–water partition coefficient (Wildman–Crippen LogP) is 1.43. The molecular formula is C15H23N3. The van der Waals surface area contributed by atoms with Gasteiger partial charge in [-0.25, -0.2) is 0 Å². The Kier molecular flexibility index (Phi) is 3.64. The first kappa shape index (κ1) is 12.2. The molecule has 2 aliphatic heterocycles.